The molecular weight excluding hydrogens is 184 g/mol. The first-order chi connectivity index (χ1) is 6.31. The average Bonchev–Trinajstić information content (AvgIpc) is 2.17. The predicted molar refractivity (Wildman–Crippen MR) is 56.0 cm³/mol. The van der Waals surface area contributed by atoms with Gasteiger partial charge in [-0.2, -0.15) is 0 Å². The summed E-state index contributed by atoms with van der Waals surface area (Å²) in [5.74, 6) is 0. The van der Waals surface area contributed by atoms with E-state index in [-0.39, 0.29) is 0 Å². The van der Waals surface area contributed by atoms with Crippen LogP contribution in [0.25, 0.3) is 10.8 Å². The molecule has 0 spiro atoms. The van der Waals surface area contributed by atoms with Crippen molar-refractivity contribution in [2.45, 2.75) is 6.92 Å². The number of anilines is 1. The first-order valence-electron chi connectivity index (χ1n) is 4.02. The van der Waals surface area contributed by atoms with E-state index in [0.29, 0.717) is 0 Å². The van der Waals surface area contributed by atoms with E-state index in [2.05, 4.69) is 15.9 Å². The summed E-state index contributed by atoms with van der Waals surface area (Å²) in [6.07, 6.45) is 3.62. The average molecular weight is 193 g/mol. The summed E-state index contributed by atoms with van der Waals surface area (Å²) >= 11 is 5.57. The van der Waals surface area contributed by atoms with Crippen LogP contribution >= 0.6 is 11.8 Å². The molecule has 0 atom stereocenters. The van der Waals surface area contributed by atoms with Crippen LogP contribution in [0.5, 0.6) is 0 Å². The number of aryl methyl sites for hydroxylation is 1. The molecule has 2 aromatic rings. The summed E-state index contributed by atoms with van der Waals surface area (Å²) in [5.41, 5.74) is 2.07. The molecule has 1 N–H and O–H groups in total. The lowest BCUT2D eigenvalue weighted by Gasteiger charge is -2.04. The fourth-order valence-electron chi connectivity index (χ4n) is 1.35. The van der Waals surface area contributed by atoms with Crippen LogP contribution in [0, 0.1) is 6.92 Å². The van der Waals surface area contributed by atoms with Crippen LogP contribution < -0.4 is 4.84 Å². The summed E-state index contributed by atoms with van der Waals surface area (Å²) in [6, 6.07) is 6.04. The number of halogens is 1. The zero-order valence-electron chi connectivity index (χ0n) is 7.21. The minimum atomic E-state index is 0.945. The van der Waals surface area contributed by atoms with Gasteiger partial charge in [-0.05, 0) is 36.1 Å². The molecular formula is C10H9ClN2. The van der Waals surface area contributed by atoms with Crippen molar-refractivity contribution < 1.29 is 0 Å². The summed E-state index contributed by atoms with van der Waals surface area (Å²) < 4.78 is 0. The molecule has 0 unspecified atom stereocenters. The lowest BCUT2D eigenvalue weighted by atomic mass is 10.1. The fraction of sp³-hybridized carbons (Fsp3) is 0.100. The topological polar surface area (TPSA) is 24.9 Å². The Kier molecular flexibility index (Phi) is 2.07. The molecule has 1 aromatic heterocycles. The number of hydrogen-bond acceptors (Lipinski definition) is 2. The monoisotopic (exact) mass is 192 g/mol. The number of aromatic nitrogens is 1. The minimum absolute atomic E-state index is 0.945. The van der Waals surface area contributed by atoms with Crippen molar-refractivity contribution in [3.63, 3.8) is 0 Å². The Balaban J connectivity index is 2.74. The van der Waals surface area contributed by atoms with Crippen molar-refractivity contribution in [1.82, 2.24) is 4.98 Å². The standard InChI is InChI=1S/C10H9ClN2/c1-7-4-9-6-12-3-2-8(9)5-10(7)13-11/h2-6,13H,1H3. The lowest BCUT2D eigenvalue weighted by Crippen LogP contribution is -1.86. The third-order valence-electron chi connectivity index (χ3n) is 2.09. The summed E-state index contributed by atoms with van der Waals surface area (Å²) in [5, 5.41) is 2.28. The maximum absolute atomic E-state index is 5.57. The van der Waals surface area contributed by atoms with Crippen LogP contribution in [0.2, 0.25) is 0 Å². The summed E-state index contributed by atoms with van der Waals surface area (Å²) in [4.78, 5) is 6.70. The van der Waals surface area contributed by atoms with Gasteiger partial charge in [0.05, 0.1) is 5.69 Å². The number of benzene rings is 1. The molecule has 0 aliphatic heterocycles. The van der Waals surface area contributed by atoms with Crippen LogP contribution in [-0.4, -0.2) is 4.98 Å². The van der Waals surface area contributed by atoms with Crippen molar-refractivity contribution in [3.8, 4) is 0 Å². The van der Waals surface area contributed by atoms with Crippen molar-refractivity contribution in [1.29, 1.82) is 0 Å². The van der Waals surface area contributed by atoms with Gasteiger partial charge in [0.1, 0.15) is 0 Å². The zero-order chi connectivity index (χ0) is 9.26. The van der Waals surface area contributed by atoms with Gasteiger partial charge in [-0.15, -0.1) is 0 Å². The number of rotatable bonds is 1. The van der Waals surface area contributed by atoms with Gasteiger partial charge in [0.2, 0.25) is 0 Å². The van der Waals surface area contributed by atoms with Crippen LogP contribution in [0.1, 0.15) is 5.56 Å². The molecule has 66 valence electrons. The van der Waals surface area contributed by atoms with Crippen LogP contribution in [0.15, 0.2) is 30.6 Å². The van der Waals surface area contributed by atoms with Crippen LogP contribution in [0.3, 0.4) is 0 Å². The molecule has 1 heterocycles. The van der Waals surface area contributed by atoms with Gasteiger partial charge in [-0.25, -0.2) is 0 Å². The Bertz CT molecular complexity index is 440. The Labute approximate surface area is 81.7 Å². The lowest BCUT2D eigenvalue weighted by molar-refractivity contribution is 1.36. The molecule has 0 saturated heterocycles. The number of nitrogens with zero attached hydrogens (tertiary/aromatic N) is 1. The first-order valence-corrected chi connectivity index (χ1v) is 4.40. The number of hydrogen-bond donors (Lipinski definition) is 1. The molecule has 2 rings (SSSR count). The number of fused-ring (bicyclic) bond motifs is 1. The van der Waals surface area contributed by atoms with Gasteiger partial charge in [-0.3, -0.25) is 9.82 Å². The van der Waals surface area contributed by atoms with E-state index >= 15 is 0 Å². The molecule has 13 heavy (non-hydrogen) atoms. The Hall–Kier alpha value is -1.28. The van der Waals surface area contributed by atoms with Crippen molar-refractivity contribution >= 4 is 28.2 Å². The van der Waals surface area contributed by atoms with Crippen LogP contribution in [0.4, 0.5) is 5.69 Å². The molecule has 2 nitrogen and oxygen atoms in total. The van der Waals surface area contributed by atoms with Gasteiger partial charge in [0.15, 0.2) is 0 Å². The smallest absolute Gasteiger partial charge is 0.0527 e. The number of nitrogens with one attached hydrogen (secondary N) is 1. The first kappa shape index (κ1) is 8.32. The van der Waals surface area contributed by atoms with E-state index in [9.17, 15) is 0 Å². The highest BCUT2D eigenvalue weighted by molar-refractivity contribution is 6.24. The Morgan fingerprint density at radius 1 is 1.31 bits per heavy atom. The summed E-state index contributed by atoms with van der Waals surface area (Å²) in [6.45, 7) is 2.01. The predicted octanol–water partition coefficient (Wildman–Crippen LogP) is 3.11. The molecule has 0 bridgehead atoms. The van der Waals surface area contributed by atoms with E-state index in [1.54, 1.807) is 6.20 Å². The highest BCUT2D eigenvalue weighted by Gasteiger charge is 1.99. The molecule has 0 aliphatic carbocycles. The second-order valence-electron chi connectivity index (χ2n) is 2.98. The van der Waals surface area contributed by atoms with Crippen molar-refractivity contribution in [2.75, 3.05) is 4.84 Å². The minimum Gasteiger partial charge on any atom is -0.298 e. The van der Waals surface area contributed by atoms with Crippen molar-refractivity contribution in [2.24, 2.45) is 0 Å². The summed E-state index contributed by atoms with van der Waals surface area (Å²) in [7, 11) is 0. The zero-order valence-corrected chi connectivity index (χ0v) is 7.97. The molecule has 0 fully saturated rings. The van der Waals surface area contributed by atoms with E-state index in [1.165, 1.54) is 0 Å². The van der Waals surface area contributed by atoms with Gasteiger partial charge < -0.3 is 0 Å². The van der Waals surface area contributed by atoms with Gasteiger partial charge in [-0.1, -0.05) is 0 Å². The van der Waals surface area contributed by atoms with Gasteiger partial charge in [0, 0.05) is 29.6 Å². The van der Waals surface area contributed by atoms with E-state index in [0.717, 1.165) is 22.0 Å². The molecule has 0 aliphatic rings. The maximum Gasteiger partial charge on any atom is 0.0527 e. The quantitative estimate of drug-likeness (QED) is 0.703. The Morgan fingerprint density at radius 2 is 2.15 bits per heavy atom. The fourth-order valence-corrected chi connectivity index (χ4v) is 1.56. The SMILES string of the molecule is Cc1cc2cnccc2cc1NCl. The third-order valence-corrected chi connectivity index (χ3v) is 2.29. The molecule has 3 heteroatoms. The Morgan fingerprint density at radius 3 is 2.92 bits per heavy atom. The highest BCUT2D eigenvalue weighted by Crippen LogP contribution is 2.22. The van der Waals surface area contributed by atoms with E-state index < -0.39 is 0 Å². The van der Waals surface area contributed by atoms with E-state index in [1.807, 2.05) is 25.3 Å². The molecule has 1 aromatic carbocycles. The normalized spacial score (nSPS) is 10.3. The van der Waals surface area contributed by atoms with Gasteiger partial charge in [0.25, 0.3) is 0 Å². The van der Waals surface area contributed by atoms with Crippen molar-refractivity contribution in [3.05, 3.63) is 36.2 Å². The van der Waals surface area contributed by atoms with Gasteiger partial charge >= 0.3 is 0 Å². The second kappa shape index (κ2) is 3.23. The third kappa shape index (κ3) is 1.45. The molecule has 0 saturated carbocycles. The van der Waals surface area contributed by atoms with Crippen LogP contribution in [-0.2, 0) is 0 Å². The van der Waals surface area contributed by atoms with E-state index in [4.69, 9.17) is 11.8 Å². The highest BCUT2D eigenvalue weighted by atomic mass is 35.5. The second-order valence-corrected chi connectivity index (χ2v) is 3.17. The molecule has 0 amide bonds. The largest absolute Gasteiger partial charge is 0.298 e. The molecule has 0 radical (unpaired) electrons. The maximum atomic E-state index is 5.57. The number of pyridine rings is 1.